The number of nitrogens with zero attached hydrogens (tertiary/aromatic N) is 4. The van der Waals surface area contributed by atoms with Crippen LogP contribution in [0.2, 0.25) is 5.28 Å². The molecule has 112 valence electrons. The van der Waals surface area contributed by atoms with E-state index in [1.165, 1.54) is 0 Å². The van der Waals surface area contributed by atoms with Crippen LogP contribution in [0.4, 0.5) is 11.9 Å². The largest absolute Gasteiger partial charge is 0.354 e. The molecule has 0 aliphatic rings. The van der Waals surface area contributed by atoms with Crippen molar-refractivity contribution in [3.05, 3.63) is 5.28 Å². The lowest BCUT2D eigenvalue weighted by molar-refractivity contribution is -0.121. The van der Waals surface area contributed by atoms with E-state index < -0.39 is 0 Å². The second kappa shape index (κ2) is 7.84. The van der Waals surface area contributed by atoms with E-state index in [1.54, 1.807) is 4.90 Å². The van der Waals surface area contributed by atoms with Crippen molar-refractivity contribution in [3.8, 4) is 0 Å². The molecule has 1 atom stereocenters. The Morgan fingerprint density at radius 3 is 2.65 bits per heavy atom. The quantitative estimate of drug-likeness (QED) is 0.790. The van der Waals surface area contributed by atoms with Gasteiger partial charge in [0.05, 0.1) is 0 Å². The zero-order valence-corrected chi connectivity index (χ0v) is 13.0. The number of carbonyl (C=O) groups excluding carboxylic acids is 1. The number of amides is 1. The Morgan fingerprint density at radius 2 is 2.05 bits per heavy atom. The van der Waals surface area contributed by atoms with E-state index in [0.29, 0.717) is 24.9 Å². The molecule has 0 aromatic carbocycles. The molecule has 1 unspecified atom stereocenters. The fourth-order valence-corrected chi connectivity index (χ4v) is 1.51. The van der Waals surface area contributed by atoms with Crippen LogP contribution in [-0.2, 0) is 4.79 Å². The summed E-state index contributed by atoms with van der Waals surface area (Å²) >= 11 is 5.82. The molecule has 1 aromatic heterocycles. The predicted molar refractivity (Wildman–Crippen MR) is 80.2 cm³/mol. The Kier molecular flexibility index (Phi) is 6.44. The average Bonchev–Trinajstić information content (AvgIpc) is 2.37. The molecule has 0 aliphatic carbocycles. The van der Waals surface area contributed by atoms with Crippen molar-refractivity contribution in [2.24, 2.45) is 0 Å². The molecule has 1 aromatic rings. The van der Waals surface area contributed by atoms with E-state index in [1.807, 2.05) is 27.9 Å². The molecule has 2 N–H and O–H groups in total. The zero-order chi connectivity index (χ0) is 15.1. The third kappa shape index (κ3) is 5.56. The normalized spacial score (nSPS) is 11.8. The maximum Gasteiger partial charge on any atom is 0.230 e. The first-order valence-corrected chi connectivity index (χ1v) is 6.92. The number of hydrogen-bond acceptors (Lipinski definition) is 6. The van der Waals surface area contributed by atoms with Crippen molar-refractivity contribution < 1.29 is 4.79 Å². The standard InChI is InChI=1S/C12H21ClN6O/c1-5-8(2)15-9(20)6-7-14-11-16-10(13)17-12(18-11)19(3)4/h8H,5-7H2,1-4H3,(H,15,20)(H,14,16,17,18). The molecule has 7 nitrogen and oxygen atoms in total. The van der Waals surface area contributed by atoms with Crippen LogP contribution in [0.5, 0.6) is 0 Å². The smallest absolute Gasteiger partial charge is 0.230 e. The Hall–Kier alpha value is -1.63. The minimum absolute atomic E-state index is 0.000152. The maximum absolute atomic E-state index is 11.6. The molecule has 0 saturated heterocycles. The molecular weight excluding hydrogens is 280 g/mol. The summed E-state index contributed by atoms with van der Waals surface area (Å²) in [6.07, 6.45) is 1.26. The molecule has 0 spiro atoms. The molecular formula is C12H21ClN6O. The van der Waals surface area contributed by atoms with Gasteiger partial charge < -0.3 is 15.5 Å². The van der Waals surface area contributed by atoms with Gasteiger partial charge in [-0.25, -0.2) is 0 Å². The Bertz CT molecular complexity index is 454. The van der Waals surface area contributed by atoms with E-state index in [2.05, 4.69) is 25.6 Å². The van der Waals surface area contributed by atoms with Gasteiger partial charge in [0.25, 0.3) is 0 Å². The summed E-state index contributed by atoms with van der Waals surface area (Å²) in [5.41, 5.74) is 0. The van der Waals surface area contributed by atoms with Crippen LogP contribution >= 0.6 is 11.6 Å². The number of anilines is 2. The van der Waals surface area contributed by atoms with Gasteiger partial charge >= 0.3 is 0 Å². The highest BCUT2D eigenvalue weighted by Gasteiger charge is 2.08. The van der Waals surface area contributed by atoms with E-state index in [0.717, 1.165) is 6.42 Å². The average molecular weight is 301 g/mol. The van der Waals surface area contributed by atoms with E-state index in [9.17, 15) is 4.79 Å². The summed E-state index contributed by atoms with van der Waals surface area (Å²) < 4.78 is 0. The van der Waals surface area contributed by atoms with Gasteiger partial charge in [-0.3, -0.25) is 4.79 Å². The van der Waals surface area contributed by atoms with Crippen molar-refractivity contribution in [3.63, 3.8) is 0 Å². The summed E-state index contributed by atoms with van der Waals surface area (Å²) in [5, 5.41) is 5.98. The SMILES string of the molecule is CCC(C)NC(=O)CCNc1nc(Cl)nc(N(C)C)n1. The fourth-order valence-electron chi connectivity index (χ4n) is 1.36. The second-order valence-corrected chi connectivity index (χ2v) is 5.01. The first-order chi connectivity index (χ1) is 9.42. The summed E-state index contributed by atoms with van der Waals surface area (Å²) in [6, 6.07) is 0.189. The van der Waals surface area contributed by atoms with Gasteiger partial charge in [-0.1, -0.05) is 6.92 Å². The number of nitrogens with one attached hydrogen (secondary N) is 2. The lowest BCUT2D eigenvalue weighted by Gasteiger charge is -2.13. The van der Waals surface area contributed by atoms with Crippen LogP contribution in [0.1, 0.15) is 26.7 Å². The molecule has 8 heteroatoms. The summed E-state index contributed by atoms with van der Waals surface area (Å²) in [7, 11) is 3.63. The van der Waals surface area contributed by atoms with Crippen LogP contribution in [0.15, 0.2) is 0 Å². The van der Waals surface area contributed by atoms with Crippen LogP contribution < -0.4 is 15.5 Å². The second-order valence-electron chi connectivity index (χ2n) is 4.68. The number of halogens is 1. The van der Waals surface area contributed by atoms with Crippen molar-refractivity contribution in [2.75, 3.05) is 30.9 Å². The highest BCUT2D eigenvalue weighted by atomic mass is 35.5. The summed E-state index contributed by atoms with van der Waals surface area (Å²) in [6.45, 7) is 4.44. The van der Waals surface area contributed by atoms with E-state index in [-0.39, 0.29) is 17.2 Å². The van der Waals surface area contributed by atoms with Crippen LogP contribution in [0.3, 0.4) is 0 Å². The van der Waals surface area contributed by atoms with Gasteiger partial charge in [0.1, 0.15) is 0 Å². The maximum atomic E-state index is 11.6. The van der Waals surface area contributed by atoms with Crippen LogP contribution in [0, 0.1) is 0 Å². The zero-order valence-electron chi connectivity index (χ0n) is 12.3. The van der Waals surface area contributed by atoms with Crippen molar-refractivity contribution in [2.45, 2.75) is 32.7 Å². The van der Waals surface area contributed by atoms with Crippen LogP contribution in [-0.4, -0.2) is 47.5 Å². The lowest BCUT2D eigenvalue weighted by Crippen LogP contribution is -2.33. The van der Waals surface area contributed by atoms with Crippen molar-refractivity contribution in [1.29, 1.82) is 0 Å². The molecule has 20 heavy (non-hydrogen) atoms. The number of rotatable bonds is 7. The Balaban J connectivity index is 2.48. The molecule has 0 bridgehead atoms. The van der Waals surface area contributed by atoms with E-state index in [4.69, 9.17) is 11.6 Å². The van der Waals surface area contributed by atoms with Crippen molar-refractivity contribution >= 4 is 29.4 Å². The highest BCUT2D eigenvalue weighted by molar-refractivity contribution is 6.28. The summed E-state index contributed by atoms with van der Waals surface area (Å²) in [4.78, 5) is 25.5. The minimum atomic E-state index is -0.000152. The van der Waals surface area contributed by atoms with E-state index >= 15 is 0 Å². The first-order valence-electron chi connectivity index (χ1n) is 6.54. The van der Waals surface area contributed by atoms with Gasteiger partial charge in [0.2, 0.25) is 23.1 Å². The number of carbonyl (C=O) groups is 1. The molecule has 1 rings (SSSR count). The highest BCUT2D eigenvalue weighted by Crippen LogP contribution is 2.11. The van der Waals surface area contributed by atoms with Gasteiger partial charge in [-0.2, -0.15) is 15.0 Å². The van der Waals surface area contributed by atoms with Gasteiger partial charge in [-0.15, -0.1) is 0 Å². The number of aromatic nitrogens is 3. The Labute approximate surface area is 124 Å². The van der Waals surface area contributed by atoms with Gasteiger partial charge in [0.15, 0.2) is 0 Å². The molecule has 0 saturated carbocycles. The molecule has 0 radical (unpaired) electrons. The minimum Gasteiger partial charge on any atom is -0.354 e. The van der Waals surface area contributed by atoms with Gasteiger partial charge in [0, 0.05) is 33.1 Å². The molecule has 0 aliphatic heterocycles. The number of hydrogen-bond donors (Lipinski definition) is 2. The molecule has 1 amide bonds. The molecule has 1 heterocycles. The fraction of sp³-hybridized carbons (Fsp3) is 0.667. The third-order valence-corrected chi connectivity index (χ3v) is 2.82. The first kappa shape index (κ1) is 16.4. The summed E-state index contributed by atoms with van der Waals surface area (Å²) in [5.74, 6) is 0.835. The lowest BCUT2D eigenvalue weighted by atomic mass is 10.2. The predicted octanol–water partition coefficient (Wildman–Crippen LogP) is 1.31. The Morgan fingerprint density at radius 1 is 1.35 bits per heavy atom. The third-order valence-electron chi connectivity index (χ3n) is 2.65. The monoisotopic (exact) mass is 300 g/mol. The molecule has 0 fully saturated rings. The topological polar surface area (TPSA) is 83.0 Å². The van der Waals surface area contributed by atoms with Crippen molar-refractivity contribution in [1.82, 2.24) is 20.3 Å². The van der Waals surface area contributed by atoms with Gasteiger partial charge in [-0.05, 0) is 24.9 Å². The van der Waals surface area contributed by atoms with Crippen LogP contribution in [0.25, 0.3) is 0 Å².